The number of anilines is 4. The van der Waals surface area contributed by atoms with Crippen molar-refractivity contribution >= 4 is 41.3 Å². The highest BCUT2D eigenvalue weighted by atomic mass is 16.7. The summed E-state index contributed by atoms with van der Waals surface area (Å²) in [4.78, 5) is 38.3. The van der Waals surface area contributed by atoms with Gasteiger partial charge in [-0.05, 0) is 44.2 Å². The lowest BCUT2D eigenvalue weighted by Gasteiger charge is -2.22. The number of rotatable bonds is 8. The minimum absolute atomic E-state index is 0.0401. The van der Waals surface area contributed by atoms with Crippen molar-refractivity contribution in [1.29, 1.82) is 0 Å². The number of carbonyl (C=O) groups is 3. The van der Waals surface area contributed by atoms with E-state index in [1.54, 1.807) is 55.6 Å². The fourth-order valence-electron chi connectivity index (χ4n) is 3.54. The highest BCUT2D eigenvalue weighted by Gasteiger charge is 2.29. The van der Waals surface area contributed by atoms with Gasteiger partial charge in [-0.2, -0.15) is 0 Å². The van der Waals surface area contributed by atoms with E-state index in [9.17, 15) is 14.4 Å². The summed E-state index contributed by atoms with van der Waals surface area (Å²) in [6, 6.07) is 19.1. The number of aldehydes is 1. The molecule has 13 heteroatoms. The number of aromatic nitrogens is 1. The first-order valence-corrected chi connectivity index (χ1v) is 12.8. The van der Waals surface area contributed by atoms with E-state index in [1.807, 2.05) is 18.2 Å². The molecule has 0 bridgehead atoms. The lowest BCUT2D eigenvalue weighted by atomic mass is 10.2. The number of nitrogen functional groups attached to an aromatic ring is 3. The van der Waals surface area contributed by atoms with Crippen LogP contribution in [0.3, 0.4) is 0 Å². The highest BCUT2D eigenvalue weighted by Crippen LogP contribution is 2.21. The molecular formula is C28H37N7O6. The molecule has 4 rings (SSSR count). The van der Waals surface area contributed by atoms with Crippen molar-refractivity contribution in [1.82, 2.24) is 15.2 Å². The lowest BCUT2D eigenvalue weighted by Crippen LogP contribution is -2.38. The molecule has 1 unspecified atom stereocenters. The molecule has 41 heavy (non-hydrogen) atoms. The first kappa shape index (κ1) is 32.3. The van der Waals surface area contributed by atoms with Crippen LogP contribution >= 0.6 is 0 Å². The number of pyridine rings is 1. The molecule has 1 aliphatic rings. The van der Waals surface area contributed by atoms with Crippen LogP contribution in [0.2, 0.25) is 0 Å². The summed E-state index contributed by atoms with van der Waals surface area (Å²) in [5.41, 5.74) is 18.2. The van der Waals surface area contributed by atoms with Crippen LogP contribution in [0.4, 0.5) is 27.8 Å². The number of likely N-dealkylation sites (N-methyl/N-ethyl adjacent to an activating group) is 1. The molecule has 2 heterocycles. The monoisotopic (exact) mass is 567 g/mol. The Kier molecular flexibility index (Phi) is 13.9. The minimum Gasteiger partial charge on any atom is -0.455 e. The van der Waals surface area contributed by atoms with Gasteiger partial charge in [-0.1, -0.05) is 42.5 Å². The molecule has 9 N–H and O–H groups in total. The summed E-state index contributed by atoms with van der Waals surface area (Å²) in [7, 11) is 1.68. The average Bonchev–Trinajstić information content (AvgIpc) is 3.47. The molecule has 0 spiro atoms. The predicted octanol–water partition coefficient (Wildman–Crippen LogP) is 2.10. The van der Waals surface area contributed by atoms with Gasteiger partial charge < -0.3 is 47.3 Å². The fourth-order valence-corrected chi connectivity index (χ4v) is 3.54. The molecule has 1 fully saturated rings. The summed E-state index contributed by atoms with van der Waals surface area (Å²) in [6.07, 6.45) is 2.05. The normalized spacial score (nSPS) is 13.5. The molecule has 0 radical (unpaired) electrons. The van der Waals surface area contributed by atoms with Gasteiger partial charge in [0.2, 0.25) is 12.7 Å². The van der Waals surface area contributed by atoms with Crippen LogP contribution in [0.25, 0.3) is 0 Å². The van der Waals surface area contributed by atoms with Gasteiger partial charge in [-0.25, -0.2) is 9.78 Å². The molecule has 0 aliphatic carbocycles. The van der Waals surface area contributed by atoms with E-state index in [4.69, 9.17) is 31.8 Å². The topological polar surface area (TPSA) is 208 Å². The van der Waals surface area contributed by atoms with Crippen LogP contribution < -0.4 is 32.6 Å². The van der Waals surface area contributed by atoms with Crippen molar-refractivity contribution < 1.29 is 29.0 Å². The summed E-state index contributed by atoms with van der Waals surface area (Å²) >= 11 is 0. The van der Waals surface area contributed by atoms with E-state index in [1.165, 1.54) is 4.90 Å². The van der Waals surface area contributed by atoms with E-state index in [-0.39, 0.29) is 37.7 Å². The molecule has 13 nitrogen and oxygen atoms in total. The Labute approximate surface area is 238 Å². The SMILES string of the molecule is CNCC(=O)Nc1ccc(N)c(N)n1.Nc1ccccc1OCOC(=O)N1CCCC1CO.O=Cc1ccccc1. The molecule has 0 saturated carbocycles. The van der Waals surface area contributed by atoms with E-state index in [0.29, 0.717) is 29.5 Å². The van der Waals surface area contributed by atoms with Crippen molar-refractivity contribution in [2.75, 3.05) is 56.1 Å². The van der Waals surface area contributed by atoms with Gasteiger partial charge >= 0.3 is 6.09 Å². The first-order valence-electron chi connectivity index (χ1n) is 12.8. The number of hydrogen-bond donors (Lipinski definition) is 6. The van der Waals surface area contributed by atoms with Gasteiger partial charge in [0.25, 0.3) is 0 Å². The second-order valence-corrected chi connectivity index (χ2v) is 8.66. The number of aliphatic hydroxyl groups excluding tert-OH is 1. The van der Waals surface area contributed by atoms with Gasteiger partial charge in [0, 0.05) is 12.1 Å². The van der Waals surface area contributed by atoms with E-state index in [2.05, 4.69) is 15.6 Å². The molecule has 3 aromatic rings. The van der Waals surface area contributed by atoms with Crippen LogP contribution in [0.15, 0.2) is 66.7 Å². The number of nitrogens with two attached hydrogens (primary N) is 3. The molecule has 1 aliphatic heterocycles. The molecular weight excluding hydrogens is 530 g/mol. The van der Waals surface area contributed by atoms with Crippen LogP contribution in [0.5, 0.6) is 5.75 Å². The number of aliphatic hydroxyl groups is 1. The number of nitrogens with zero attached hydrogens (tertiary/aromatic N) is 2. The number of amides is 2. The third-order valence-corrected chi connectivity index (χ3v) is 5.64. The maximum absolute atomic E-state index is 11.8. The Morgan fingerprint density at radius 1 is 1.05 bits per heavy atom. The number of para-hydroxylation sites is 2. The Bertz CT molecular complexity index is 1250. The van der Waals surface area contributed by atoms with Crippen LogP contribution in [0, 0.1) is 0 Å². The standard InChI is InChI=1S/C13H18N2O4.C8H13N5O.C7H6O/c14-11-5-1-2-6-12(11)18-9-19-13(17)15-7-3-4-10(15)8-16;1-11-4-7(14)12-6-3-2-5(9)8(10)13-6;8-6-7-4-2-1-3-5-7/h1-2,5-6,10,16H,3-4,7-9,14H2;2-3,11H,4,9H2,1H3,(H3,10,12,13,14);1-6H. The van der Waals surface area contributed by atoms with E-state index < -0.39 is 6.09 Å². The molecule has 1 atom stereocenters. The maximum Gasteiger partial charge on any atom is 0.412 e. The molecule has 1 saturated heterocycles. The van der Waals surface area contributed by atoms with Crippen molar-refractivity contribution in [3.05, 3.63) is 72.3 Å². The number of ether oxygens (including phenoxy) is 2. The van der Waals surface area contributed by atoms with Gasteiger partial charge in [-0.15, -0.1) is 0 Å². The fraction of sp³-hybridized carbons (Fsp3) is 0.286. The van der Waals surface area contributed by atoms with Crippen LogP contribution in [-0.4, -0.2) is 72.9 Å². The quantitative estimate of drug-likeness (QED) is 0.132. The number of benzene rings is 2. The zero-order valence-corrected chi connectivity index (χ0v) is 22.9. The second-order valence-electron chi connectivity index (χ2n) is 8.66. The molecule has 2 aromatic carbocycles. The number of carbonyl (C=O) groups excluding carboxylic acids is 3. The number of likely N-dealkylation sites (tertiary alicyclic amines) is 1. The Hall–Kier alpha value is -4.88. The first-order chi connectivity index (χ1) is 19.8. The summed E-state index contributed by atoms with van der Waals surface area (Å²) < 4.78 is 10.3. The van der Waals surface area contributed by atoms with Crippen LogP contribution in [-0.2, 0) is 9.53 Å². The van der Waals surface area contributed by atoms with E-state index in [0.717, 1.165) is 24.7 Å². The van der Waals surface area contributed by atoms with Crippen LogP contribution in [0.1, 0.15) is 23.2 Å². The minimum atomic E-state index is -0.467. The van der Waals surface area contributed by atoms with Gasteiger partial charge in [0.05, 0.1) is 30.6 Å². The largest absolute Gasteiger partial charge is 0.455 e. The van der Waals surface area contributed by atoms with Crippen molar-refractivity contribution in [3.8, 4) is 5.75 Å². The third kappa shape index (κ3) is 11.4. The summed E-state index contributed by atoms with van der Waals surface area (Å²) in [5.74, 6) is 0.920. The molecule has 1 aromatic heterocycles. The number of hydrogen-bond acceptors (Lipinski definition) is 11. The Morgan fingerprint density at radius 3 is 2.37 bits per heavy atom. The Balaban J connectivity index is 0.000000234. The molecule has 2 amide bonds. The summed E-state index contributed by atoms with van der Waals surface area (Å²) in [6.45, 7) is 0.604. The maximum atomic E-state index is 11.8. The molecule has 220 valence electrons. The van der Waals surface area contributed by atoms with Gasteiger partial charge in [0.1, 0.15) is 23.7 Å². The van der Waals surface area contributed by atoms with Crippen molar-refractivity contribution in [2.45, 2.75) is 18.9 Å². The van der Waals surface area contributed by atoms with Crippen molar-refractivity contribution in [2.24, 2.45) is 0 Å². The second kappa shape index (κ2) is 17.7. The van der Waals surface area contributed by atoms with Crippen molar-refractivity contribution in [3.63, 3.8) is 0 Å². The predicted molar refractivity (Wildman–Crippen MR) is 157 cm³/mol. The smallest absolute Gasteiger partial charge is 0.412 e. The highest BCUT2D eigenvalue weighted by molar-refractivity contribution is 5.91. The zero-order chi connectivity index (χ0) is 30.0. The number of nitrogens with one attached hydrogen (secondary N) is 2. The third-order valence-electron chi connectivity index (χ3n) is 5.64. The zero-order valence-electron chi connectivity index (χ0n) is 22.9. The van der Waals surface area contributed by atoms with E-state index >= 15 is 0 Å². The Morgan fingerprint density at radius 2 is 1.76 bits per heavy atom. The summed E-state index contributed by atoms with van der Waals surface area (Å²) in [5, 5.41) is 14.4. The van der Waals surface area contributed by atoms with Gasteiger partial charge in [-0.3, -0.25) is 9.59 Å². The lowest BCUT2D eigenvalue weighted by molar-refractivity contribution is -0.115. The van der Waals surface area contributed by atoms with Gasteiger partial charge in [0.15, 0.2) is 0 Å². The average molecular weight is 568 g/mol.